The molecule has 0 aliphatic rings. The monoisotopic (exact) mass is 259 g/mol. The van der Waals surface area contributed by atoms with E-state index in [0.29, 0.717) is 11.4 Å². The zero-order chi connectivity index (χ0) is 14.0. The number of nitrogens with two attached hydrogens (primary N) is 3. The van der Waals surface area contributed by atoms with Crippen molar-refractivity contribution in [1.29, 1.82) is 0 Å². The number of hydrogen-bond acceptors (Lipinski definition) is 3. The molecule has 0 fully saturated rings. The van der Waals surface area contributed by atoms with Crippen molar-refractivity contribution in [2.75, 3.05) is 11.1 Å². The predicted octanol–water partition coefficient (Wildman–Crippen LogP) is 0.853. The Morgan fingerprint density at radius 2 is 1.74 bits per heavy atom. The molecule has 8 N–H and O–H groups in total. The van der Waals surface area contributed by atoms with Gasteiger partial charge in [-0.15, -0.1) is 0 Å². The van der Waals surface area contributed by atoms with Crippen molar-refractivity contribution in [2.45, 2.75) is 0 Å². The molecular weight excluding hydrogens is 246 g/mol. The van der Waals surface area contributed by atoms with Crippen LogP contribution >= 0.6 is 0 Å². The van der Waals surface area contributed by atoms with E-state index in [2.05, 4.69) is 10.3 Å². The van der Waals surface area contributed by atoms with Crippen molar-refractivity contribution in [2.24, 2.45) is 11.5 Å². The van der Waals surface area contributed by atoms with Gasteiger partial charge in [-0.25, -0.2) is 4.79 Å². The summed E-state index contributed by atoms with van der Waals surface area (Å²) in [7, 11) is 0. The number of carbonyl (C=O) groups excluding carboxylic acids is 2. The van der Waals surface area contributed by atoms with E-state index in [4.69, 9.17) is 17.2 Å². The average Bonchev–Trinajstić information content (AvgIpc) is 2.73. The minimum absolute atomic E-state index is 0.158. The fourth-order valence-electron chi connectivity index (χ4n) is 1.69. The van der Waals surface area contributed by atoms with E-state index in [9.17, 15) is 9.59 Å². The van der Waals surface area contributed by atoms with Gasteiger partial charge in [0.15, 0.2) is 0 Å². The van der Waals surface area contributed by atoms with Crippen LogP contribution in [0.25, 0.3) is 11.3 Å². The molecular formula is C12H13N5O2. The highest BCUT2D eigenvalue weighted by Crippen LogP contribution is 2.25. The normalized spacial score (nSPS) is 10.1. The number of H-pyrrole nitrogens is 1. The van der Waals surface area contributed by atoms with Gasteiger partial charge in [0.05, 0.1) is 5.56 Å². The van der Waals surface area contributed by atoms with Gasteiger partial charge in [-0.05, 0) is 23.8 Å². The summed E-state index contributed by atoms with van der Waals surface area (Å²) in [6.45, 7) is 0. The van der Waals surface area contributed by atoms with Crippen LogP contribution in [0.2, 0.25) is 0 Å². The first-order valence-corrected chi connectivity index (χ1v) is 5.42. The lowest BCUT2D eigenvalue weighted by molar-refractivity contribution is 0.100. The first-order chi connectivity index (χ1) is 8.97. The predicted molar refractivity (Wildman–Crippen MR) is 72.4 cm³/mol. The third-order valence-electron chi connectivity index (χ3n) is 2.55. The van der Waals surface area contributed by atoms with Crippen LogP contribution < -0.4 is 22.5 Å². The maximum absolute atomic E-state index is 11.3. The molecule has 0 bridgehead atoms. The molecule has 1 aromatic carbocycles. The summed E-state index contributed by atoms with van der Waals surface area (Å²) in [5, 5.41) is 2.31. The van der Waals surface area contributed by atoms with Crippen molar-refractivity contribution in [1.82, 2.24) is 4.98 Å². The molecule has 7 nitrogen and oxygen atoms in total. The Bertz CT molecular complexity index is 630. The summed E-state index contributed by atoms with van der Waals surface area (Å²) < 4.78 is 0. The van der Waals surface area contributed by atoms with E-state index in [0.717, 1.165) is 5.56 Å². The Labute approximate surface area is 108 Å². The molecule has 0 aliphatic carbocycles. The molecule has 0 saturated heterocycles. The molecule has 1 aromatic heterocycles. The standard InChI is InChI=1S/C12H13N5O2/c13-7-3-1-6(2-4-7)9-5-8(10(14)18)11(16-9)17-12(15)19/h1-5,16H,13H2,(H2,14,18)(H3,15,17,19). The number of aromatic amines is 1. The van der Waals surface area contributed by atoms with Crippen molar-refractivity contribution >= 4 is 23.4 Å². The van der Waals surface area contributed by atoms with Gasteiger partial charge in [-0.1, -0.05) is 12.1 Å². The molecule has 0 radical (unpaired) electrons. The highest BCUT2D eigenvalue weighted by molar-refractivity contribution is 6.03. The smallest absolute Gasteiger partial charge is 0.317 e. The summed E-state index contributed by atoms with van der Waals surface area (Å²) in [6, 6.07) is 7.76. The summed E-state index contributed by atoms with van der Waals surface area (Å²) >= 11 is 0. The summed E-state index contributed by atoms with van der Waals surface area (Å²) in [5.41, 5.74) is 18.1. The maximum Gasteiger partial charge on any atom is 0.317 e. The van der Waals surface area contributed by atoms with Crippen LogP contribution in [-0.2, 0) is 0 Å². The van der Waals surface area contributed by atoms with E-state index < -0.39 is 11.9 Å². The van der Waals surface area contributed by atoms with Crippen molar-refractivity contribution in [3.63, 3.8) is 0 Å². The Morgan fingerprint density at radius 3 is 2.26 bits per heavy atom. The van der Waals surface area contributed by atoms with Gasteiger partial charge in [0.2, 0.25) is 0 Å². The maximum atomic E-state index is 11.3. The average molecular weight is 259 g/mol. The van der Waals surface area contributed by atoms with Crippen LogP contribution in [0.15, 0.2) is 30.3 Å². The van der Waals surface area contributed by atoms with Crippen molar-refractivity contribution < 1.29 is 9.59 Å². The zero-order valence-electron chi connectivity index (χ0n) is 9.94. The van der Waals surface area contributed by atoms with Gasteiger partial charge in [0, 0.05) is 11.4 Å². The highest BCUT2D eigenvalue weighted by atomic mass is 16.2. The molecule has 2 rings (SSSR count). The molecule has 0 aliphatic heterocycles. The second-order valence-electron chi connectivity index (χ2n) is 3.95. The highest BCUT2D eigenvalue weighted by Gasteiger charge is 2.15. The van der Waals surface area contributed by atoms with Crippen LogP contribution in [-0.4, -0.2) is 16.9 Å². The lowest BCUT2D eigenvalue weighted by Crippen LogP contribution is -2.22. The van der Waals surface area contributed by atoms with E-state index in [-0.39, 0.29) is 11.4 Å². The van der Waals surface area contributed by atoms with Crippen molar-refractivity contribution in [3.8, 4) is 11.3 Å². The van der Waals surface area contributed by atoms with Crippen molar-refractivity contribution in [3.05, 3.63) is 35.9 Å². The number of amides is 3. The number of nitrogen functional groups attached to an aromatic ring is 1. The number of nitrogens with one attached hydrogen (secondary N) is 2. The molecule has 1 heterocycles. The van der Waals surface area contributed by atoms with Crippen LogP contribution in [0, 0.1) is 0 Å². The van der Waals surface area contributed by atoms with Gasteiger partial charge in [-0.3, -0.25) is 10.1 Å². The molecule has 0 unspecified atom stereocenters. The van der Waals surface area contributed by atoms with Crippen LogP contribution in [0.1, 0.15) is 10.4 Å². The Morgan fingerprint density at radius 1 is 1.11 bits per heavy atom. The summed E-state index contributed by atoms with van der Waals surface area (Å²) in [4.78, 5) is 25.0. The van der Waals surface area contributed by atoms with Crippen LogP contribution in [0.4, 0.5) is 16.3 Å². The molecule has 7 heteroatoms. The van der Waals surface area contributed by atoms with Gasteiger partial charge >= 0.3 is 6.03 Å². The van der Waals surface area contributed by atoms with Gasteiger partial charge in [-0.2, -0.15) is 0 Å². The largest absolute Gasteiger partial charge is 0.399 e. The lowest BCUT2D eigenvalue weighted by atomic mass is 10.1. The number of hydrogen-bond donors (Lipinski definition) is 5. The number of benzene rings is 1. The zero-order valence-corrected chi connectivity index (χ0v) is 9.94. The van der Waals surface area contributed by atoms with Gasteiger partial charge < -0.3 is 22.2 Å². The number of urea groups is 1. The lowest BCUT2D eigenvalue weighted by Gasteiger charge is -2.00. The SMILES string of the molecule is NC(=O)Nc1[nH]c(-c2ccc(N)cc2)cc1C(N)=O. The van der Waals surface area contributed by atoms with Gasteiger partial charge in [0.25, 0.3) is 5.91 Å². The van der Waals surface area contributed by atoms with E-state index in [1.807, 2.05) is 0 Å². The molecule has 98 valence electrons. The number of anilines is 2. The first kappa shape index (κ1) is 12.5. The molecule has 3 amide bonds. The minimum Gasteiger partial charge on any atom is -0.399 e. The van der Waals surface area contributed by atoms with Gasteiger partial charge in [0.1, 0.15) is 5.82 Å². The summed E-state index contributed by atoms with van der Waals surface area (Å²) in [6.07, 6.45) is 0. The molecule has 2 aromatic rings. The molecule has 0 saturated carbocycles. The van der Waals surface area contributed by atoms with E-state index >= 15 is 0 Å². The fourth-order valence-corrected chi connectivity index (χ4v) is 1.69. The van der Waals surface area contributed by atoms with E-state index in [1.54, 1.807) is 30.3 Å². The topological polar surface area (TPSA) is 140 Å². The van der Waals surface area contributed by atoms with E-state index in [1.165, 1.54) is 0 Å². The third-order valence-corrected chi connectivity index (χ3v) is 2.55. The Hall–Kier alpha value is -2.96. The Balaban J connectivity index is 2.45. The Kier molecular flexibility index (Phi) is 3.11. The number of carbonyl (C=O) groups is 2. The second kappa shape index (κ2) is 4.73. The minimum atomic E-state index is -0.784. The fraction of sp³-hybridized carbons (Fsp3) is 0. The molecule has 0 atom stereocenters. The number of rotatable bonds is 3. The van der Waals surface area contributed by atoms with Crippen LogP contribution in [0.5, 0.6) is 0 Å². The first-order valence-electron chi connectivity index (χ1n) is 5.42. The van der Waals surface area contributed by atoms with Crippen LogP contribution in [0.3, 0.4) is 0 Å². The quantitative estimate of drug-likeness (QED) is 0.522. The summed E-state index contributed by atoms with van der Waals surface area (Å²) in [5.74, 6) is -0.492. The molecule has 0 spiro atoms. The number of aromatic nitrogens is 1. The number of primary amides is 2. The third kappa shape index (κ3) is 2.65. The second-order valence-corrected chi connectivity index (χ2v) is 3.95. The molecule has 19 heavy (non-hydrogen) atoms.